The molecule has 3 aromatic rings. The molecule has 4 rings (SSSR count). The molecule has 0 spiro atoms. The van der Waals surface area contributed by atoms with Crippen LogP contribution in [0.3, 0.4) is 0 Å². The van der Waals surface area contributed by atoms with Gasteiger partial charge in [-0.15, -0.1) is 35.9 Å². The fourth-order valence-corrected chi connectivity index (χ4v) is 3.78. The standard InChI is InChI=1S/C24H24N.Ir/c1-2-3-4-5-7-13-19-16-20-17-23(18-11-8-6-9-12-18)25-22-15-10-14-21(19)24(20)22;/h6,8-11,14-17H,2-5,7,13H2,1H3;/q-1;. The van der Waals surface area contributed by atoms with Gasteiger partial charge in [-0.05, 0) is 41.3 Å². The van der Waals surface area contributed by atoms with Crippen LogP contribution in [0, 0.1) is 6.07 Å². The van der Waals surface area contributed by atoms with Crippen LogP contribution in [0.2, 0.25) is 0 Å². The number of unbranched alkanes of at least 4 members (excludes halogenated alkanes) is 4. The number of benzene rings is 2. The second-order valence-corrected chi connectivity index (χ2v) is 6.91. The van der Waals surface area contributed by atoms with Crippen LogP contribution in [-0.2, 0) is 20.1 Å². The second-order valence-electron chi connectivity index (χ2n) is 6.91. The summed E-state index contributed by atoms with van der Waals surface area (Å²) in [5.74, 6) is 0. The van der Waals surface area contributed by atoms with Crippen LogP contribution in [0.25, 0.3) is 33.8 Å². The van der Waals surface area contributed by atoms with Gasteiger partial charge < -0.3 is 0 Å². The molecule has 0 fully saturated rings. The zero-order valence-electron chi connectivity index (χ0n) is 15.2. The van der Waals surface area contributed by atoms with Gasteiger partial charge in [-0.25, -0.2) is 0 Å². The molecule has 2 heteroatoms. The van der Waals surface area contributed by atoms with Crippen molar-refractivity contribution in [3.8, 4) is 11.3 Å². The van der Waals surface area contributed by atoms with Crippen molar-refractivity contribution in [3.05, 3.63) is 65.7 Å². The molecule has 0 N–H and O–H groups in total. The third-order valence-corrected chi connectivity index (χ3v) is 5.07. The van der Waals surface area contributed by atoms with E-state index >= 15 is 0 Å². The van der Waals surface area contributed by atoms with E-state index in [1.54, 1.807) is 0 Å². The van der Waals surface area contributed by atoms with E-state index in [2.05, 4.69) is 49.4 Å². The molecule has 1 aromatic heterocycles. The van der Waals surface area contributed by atoms with E-state index in [0.29, 0.717) is 0 Å². The summed E-state index contributed by atoms with van der Waals surface area (Å²) in [5, 5.41) is 1.32. The number of allylic oxidation sites excluding steroid dienone is 1. The Hall–Kier alpha value is -1.76. The van der Waals surface area contributed by atoms with Crippen LogP contribution < -0.4 is 0 Å². The Kier molecular flexibility index (Phi) is 6.40. The molecule has 26 heavy (non-hydrogen) atoms. The van der Waals surface area contributed by atoms with Crippen molar-refractivity contribution < 1.29 is 20.1 Å². The summed E-state index contributed by atoms with van der Waals surface area (Å²) < 4.78 is 0. The molecule has 0 amide bonds. The van der Waals surface area contributed by atoms with Gasteiger partial charge in [0.05, 0.1) is 5.52 Å². The number of nitrogens with zero attached hydrogens (tertiary/aromatic N) is 1. The molecule has 0 aliphatic heterocycles. The third kappa shape index (κ3) is 3.82. The Morgan fingerprint density at radius 1 is 0.962 bits per heavy atom. The van der Waals surface area contributed by atoms with Crippen molar-refractivity contribution in [3.63, 3.8) is 0 Å². The molecule has 2 aromatic carbocycles. The summed E-state index contributed by atoms with van der Waals surface area (Å²) in [6.45, 7) is 2.27. The first-order valence-electron chi connectivity index (χ1n) is 9.48. The van der Waals surface area contributed by atoms with Crippen LogP contribution in [0.5, 0.6) is 0 Å². The molecule has 0 atom stereocenters. The first kappa shape index (κ1) is 19.0. The molecule has 1 radical (unpaired) electrons. The van der Waals surface area contributed by atoms with Gasteiger partial charge in [-0.3, -0.25) is 4.98 Å². The number of hydrogen-bond donors (Lipinski definition) is 0. The van der Waals surface area contributed by atoms with Crippen LogP contribution in [0.15, 0.2) is 48.5 Å². The Balaban J connectivity index is 0.00000196. The molecule has 0 saturated carbocycles. The number of aromatic nitrogens is 1. The molecular weight excluding hydrogens is 494 g/mol. The van der Waals surface area contributed by atoms with Crippen LogP contribution in [0.4, 0.5) is 0 Å². The summed E-state index contributed by atoms with van der Waals surface area (Å²) in [5.41, 5.74) is 7.36. The van der Waals surface area contributed by atoms with E-state index in [4.69, 9.17) is 4.98 Å². The monoisotopic (exact) mass is 519 g/mol. The minimum absolute atomic E-state index is 0. The minimum Gasteiger partial charge on any atom is -0.296 e. The summed E-state index contributed by atoms with van der Waals surface area (Å²) in [6.07, 6.45) is 10.2. The van der Waals surface area contributed by atoms with Crippen LogP contribution in [-0.4, -0.2) is 4.98 Å². The van der Waals surface area contributed by atoms with Gasteiger partial charge in [-0.1, -0.05) is 56.9 Å². The molecule has 1 aliphatic rings. The summed E-state index contributed by atoms with van der Waals surface area (Å²) >= 11 is 0. The Morgan fingerprint density at radius 3 is 2.65 bits per heavy atom. The molecule has 0 unspecified atom stereocenters. The molecule has 1 aliphatic carbocycles. The number of hydrogen-bond acceptors (Lipinski definition) is 1. The normalized spacial score (nSPS) is 12.1. The van der Waals surface area contributed by atoms with Gasteiger partial charge in [0.2, 0.25) is 0 Å². The van der Waals surface area contributed by atoms with E-state index in [0.717, 1.165) is 16.8 Å². The van der Waals surface area contributed by atoms with Crippen molar-refractivity contribution in [1.82, 2.24) is 4.98 Å². The maximum Gasteiger partial charge on any atom is 0.0607 e. The fourth-order valence-electron chi connectivity index (χ4n) is 3.78. The first-order chi connectivity index (χ1) is 12.4. The van der Waals surface area contributed by atoms with E-state index in [-0.39, 0.29) is 20.1 Å². The Labute approximate surface area is 169 Å². The Bertz CT molecular complexity index is 912. The van der Waals surface area contributed by atoms with E-state index in [1.165, 1.54) is 60.6 Å². The smallest absolute Gasteiger partial charge is 0.0607 e. The zero-order chi connectivity index (χ0) is 17.1. The first-order valence-corrected chi connectivity index (χ1v) is 9.48. The van der Waals surface area contributed by atoms with Crippen molar-refractivity contribution in [2.24, 2.45) is 0 Å². The number of pyridine rings is 1. The summed E-state index contributed by atoms with van der Waals surface area (Å²) in [4.78, 5) is 4.90. The van der Waals surface area contributed by atoms with Gasteiger partial charge in [-0.2, -0.15) is 0 Å². The van der Waals surface area contributed by atoms with Crippen LogP contribution in [0.1, 0.15) is 56.6 Å². The van der Waals surface area contributed by atoms with Crippen molar-refractivity contribution in [1.29, 1.82) is 0 Å². The molecule has 135 valence electrons. The van der Waals surface area contributed by atoms with Gasteiger partial charge in [0.25, 0.3) is 0 Å². The van der Waals surface area contributed by atoms with Crippen molar-refractivity contribution in [2.45, 2.75) is 45.4 Å². The largest absolute Gasteiger partial charge is 0.296 e. The van der Waals surface area contributed by atoms with E-state index in [9.17, 15) is 0 Å². The average Bonchev–Trinajstić information content (AvgIpc) is 3.02. The maximum absolute atomic E-state index is 4.90. The van der Waals surface area contributed by atoms with Gasteiger partial charge in [0.15, 0.2) is 0 Å². The molecule has 1 heterocycles. The van der Waals surface area contributed by atoms with Crippen molar-refractivity contribution >= 4 is 22.6 Å². The topological polar surface area (TPSA) is 12.9 Å². The van der Waals surface area contributed by atoms with Gasteiger partial charge >= 0.3 is 0 Å². The van der Waals surface area contributed by atoms with E-state index < -0.39 is 0 Å². The fraction of sp³-hybridized carbons (Fsp3) is 0.292. The Morgan fingerprint density at radius 2 is 1.85 bits per heavy atom. The quantitative estimate of drug-likeness (QED) is 0.245. The van der Waals surface area contributed by atoms with Crippen molar-refractivity contribution in [2.75, 3.05) is 0 Å². The van der Waals surface area contributed by atoms with Crippen LogP contribution >= 0.6 is 0 Å². The molecule has 1 nitrogen and oxygen atoms in total. The molecule has 0 bridgehead atoms. The van der Waals surface area contributed by atoms with E-state index in [1.807, 2.05) is 18.2 Å². The summed E-state index contributed by atoms with van der Waals surface area (Å²) in [6, 6.07) is 20.1. The van der Waals surface area contributed by atoms with Gasteiger partial charge in [0, 0.05) is 25.5 Å². The second kappa shape index (κ2) is 8.75. The van der Waals surface area contributed by atoms with Gasteiger partial charge in [0.1, 0.15) is 0 Å². The zero-order valence-corrected chi connectivity index (χ0v) is 17.6. The minimum atomic E-state index is 0. The number of rotatable bonds is 7. The average molecular weight is 519 g/mol. The summed E-state index contributed by atoms with van der Waals surface area (Å²) in [7, 11) is 0. The molecule has 0 saturated heterocycles. The SMILES string of the molecule is CCCCCCCC1=Cc2cc(-c3[c-]cccc3)nc3cccc1c23.[Ir]. The molecular formula is C24H24IrN-. The maximum atomic E-state index is 4.90. The third-order valence-electron chi connectivity index (χ3n) is 5.07. The predicted molar refractivity (Wildman–Crippen MR) is 107 cm³/mol. The predicted octanol–water partition coefficient (Wildman–Crippen LogP) is 6.91.